The number of carboxylic acid groups (broad SMARTS) is 1. The van der Waals surface area contributed by atoms with Crippen molar-refractivity contribution in [3.05, 3.63) is 55.5 Å². The molecule has 0 aromatic heterocycles. The Hall–Kier alpha value is 0.00377. The molecule has 5 nitrogen and oxygen atoms in total. The first-order valence-corrected chi connectivity index (χ1v) is 6.89. The van der Waals surface area contributed by atoms with E-state index >= 15 is 0 Å². The van der Waals surface area contributed by atoms with Crippen LogP contribution in [0.2, 0.25) is 0 Å². The summed E-state index contributed by atoms with van der Waals surface area (Å²) in [5.74, 6) is 0.398. The molecule has 0 radical (unpaired) electrons. The maximum atomic E-state index is 10.1. The summed E-state index contributed by atoms with van der Waals surface area (Å²) in [6.07, 6.45) is 3.17. The van der Waals surface area contributed by atoms with Crippen molar-refractivity contribution in [1.29, 1.82) is 0 Å². The SMILES string of the molecule is C=CC(=C)C.C=CC(=C)C(=O)O.CC(C)(C)[O-].C[C-](C)C.O=C=O.[K+].[Li+]. The zero-order chi connectivity index (χ0) is 20.9. The Balaban J connectivity index is -0.0000000350. The molecule has 0 aromatic carbocycles. The molecule has 0 unspecified atom stereocenters. The fraction of sp³-hybridized carbons (Fsp3) is 0.421. The van der Waals surface area contributed by atoms with E-state index in [0.29, 0.717) is 0 Å². The molecule has 0 bridgehead atoms. The summed E-state index contributed by atoms with van der Waals surface area (Å²) in [6, 6.07) is 0. The van der Waals surface area contributed by atoms with E-state index in [2.05, 4.69) is 47.1 Å². The molecule has 1 N–H and O–H groups in total. The van der Waals surface area contributed by atoms with Gasteiger partial charge in [0.15, 0.2) is 0 Å². The van der Waals surface area contributed by atoms with E-state index in [9.17, 15) is 9.90 Å². The minimum absolute atomic E-state index is 0. The van der Waals surface area contributed by atoms with E-state index in [1.54, 1.807) is 26.8 Å². The van der Waals surface area contributed by atoms with Crippen LogP contribution < -0.4 is 75.4 Å². The molecule has 0 aliphatic carbocycles. The fourth-order valence-corrected chi connectivity index (χ4v) is 0.0873. The van der Waals surface area contributed by atoms with E-state index in [4.69, 9.17) is 14.7 Å². The van der Waals surface area contributed by atoms with Crippen LogP contribution >= 0.6 is 0 Å². The molecule has 26 heavy (non-hydrogen) atoms. The zero-order valence-electron chi connectivity index (χ0n) is 18.1. The van der Waals surface area contributed by atoms with Crippen molar-refractivity contribution in [2.24, 2.45) is 0 Å². The van der Waals surface area contributed by atoms with Crippen LogP contribution in [-0.4, -0.2) is 22.8 Å². The molecule has 0 heterocycles. The van der Waals surface area contributed by atoms with Crippen molar-refractivity contribution in [2.75, 3.05) is 0 Å². The fourth-order valence-electron chi connectivity index (χ4n) is 0.0873. The Kier molecular flexibility index (Phi) is 56.5. The second-order valence-electron chi connectivity index (χ2n) is 5.78. The average Bonchev–Trinajstić information content (AvgIpc) is 2.36. The molecule has 0 atom stereocenters. The second-order valence-corrected chi connectivity index (χ2v) is 5.78. The van der Waals surface area contributed by atoms with E-state index in [1.165, 1.54) is 12.0 Å². The number of carbonyl (C=O) groups excluding carboxylic acids is 2. The minimum Gasteiger partial charge on any atom is -0.850 e. The molecule has 0 saturated carbocycles. The summed E-state index contributed by atoms with van der Waals surface area (Å²) >= 11 is 0. The second kappa shape index (κ2) is 32.7. The van der Waals surface area contributed by atoms with Gasteiger partial charge in [-0.15, -0.1) is 5.60 Å². The van der Waals surface area contributed by atoms with Crippen molar-refractivity contribution in [3.63, 3.8) is 0 Å². The molecule has 0 saturated heterocycles. The number of aliphatic carboxylic acids is 1. The van der Waals surface area contributed by atoms with Gasteiger partial charge in [0.25, 0.3) is 0 Å². The monoisotopic (exact) mass is 386 g/mol. The third kappa shape index (κ3) is 198. The number of rotatable bonds is 3. The Morgan fingerprint density at radius 2 is 1.23 bits per heavy atom. The van der Waals surface area contributed by atoms with Gasteiger partial charge in [0.1, 0.15) is 0 Å². The molecule has 0 spiro atoms. The first kappa shape index (κ1) is 45.0. The molecular weight excluding hydrogens is 354 g/mol. The first-order valence-electron chi connectivity index (χ1n) is 6.89. The van der Waals surface area contributed by atoms with Gasteiger partial charge in [0.2, 0.25) is 0 Å². The van der Waals surface area contributed by atoms with Crippen LogP contribution in [0, 0.1) is 5.92 Å². The third-order valence-electron chi connectivity index (χ3n) is 0.870. The number of carbonyl (C=O) groups is 1. The van der Waals surface area contributed by atoms with Gasteiger partial charge in [0, 0.05) is 0 Å². The molecule has 0 aromatic rings. The third-order valence-corrected chi connectivity index (χ3v) is 0.870. The van der Waals surface area contributed by atoms with Crippen LogP contribution in [0.3, 0.4) is 0 Å². The van der Waals surface area contributed by atoms with E-state index in [-0.39, 0.29) is 82.0 Å². The number of hydrogen-bond donors (Lipinski definition) is 1. The van der Waals surface area contributed by atoms with Gasteiger partial charge in [-0.25, -0.2) is 4.79 Å². The van der Waals surface area contributed by atoms with Gasteiger partial charge in [-0.2, -0.15) is 30.4 Å². The molecule has 0 aliphatic rings. The van der Waals surface area contributed by atoms with Crippen LogP contribution in [0.4, 0.5) is 0 Å². The van der Waals surface area contributed by atoms with Crippen molar-refractivity contribution in [3.8, 4) is 0 Å². The standard InChI is InChI=1S/C5H6O2.C5H8.C4H9O.C4H9.CO2.K.Li/c1-3-4(2)5(6)7;1-4-5(2)3;1-4(2,3)5;1-4(2)3;2-1-3;;/h3H,1-2H2,(H,6,7);4H,1-2H2,3H3;1-3H3;1-3H3;;;/q;;2*-1;;2*+1. The van der Waals surface area contributed by atoms with Crippen LogP contribution in [0.1, 0.15) is 48.5 Å². The van der Waals surface area contributed by atoms with Crippen LogP contribution in [0.5, 0.6) is 0 Å². The Morgan fingerprint density at radius 3 is 1.23 bits per heavy atom. The summed E-state index contributed by atoms with van der Waals surface area (Å²) in [4.78, 5) is 26.0. The van der Waals surface area contributed by atoms with E-state index in [0.717, 1.165) is 5.57 Å². The maximum absolute atomic E-state index is 10.1. The predicted octanol–water partition coefficient (Wildman–Crippen LogP) is -2.25. The largest absolute Gasteiger partial charge is 1.00 e. The minimum atomic E-state index is -1.02. The molecule has 0 amide bonds. The Morgan fingerprint density at radius 1 is 1.08 bits per heavy atom. The molecule has 7 heteroatoms. The van der Waals surface area contributed by atoms with Gasteiger partial charge in [-0.3, -0.25) is 0 Å². The van der Waals surface area contributed by atoms with E-state index < -0.39 is 11.6 Å². The zero-order valence-corrected chi connectivity index (χ0v) is 21.2. The topological polar surface area (TPSA) is 94.5 Å². The number of carboxylic acids is 1. The van der Waals surface area contributed by atoms with Gasteiger partial charge >= 0.3 is 82.4 Å². The maximum Gasteiger partial charge on any atom is 1.00 e. The van der Waals surface area contributed by atoms with Crippen molar-refractivity contribution >= 4 is 12.1 Å². The summed E-state index contributed by atoms with van der Waals surface area (Å²) in [5.41, 5.74) is 0.296. The molecule has 0 fully saturated rings. The quantitative estimate of drug-likeness (QED) is 0.256. The molecule has 0 rings (SSSR count). The molecule has 0 aliphatic heterocycles. The van der Waals surface area contributed by atoms with Crippen molar-refractivity contribution in [1.82, 2.24) is 0 Å². The van der Waals surface area contributed by atoms with Gasteiger partial charge in [-0.05, 0) is 6.92 Å². The van der Waals surface area contributed by atoms with E-state index in [1.807, 2.05) is 6.92 Å². The van der Waals surface area contributed by atoms with Crippen LogP contribution in [0.15, 0.2) is 49.6 Å². The predicted molar refractivity (Wildman–Crippen MR) is 97.0 cm³/mol. The Labute approximate surface area is 214 Å². The van der Waals surface area contributed by atoms with Gasteiger partial charge in [-0.1, -0.05) is 64.8 Å². The van der Waals surface area contributed by atoms with Crippen molar-refractivity contribution in [2.45, 2.75) is 54.1 Å². The Bertz CT molecular complexity index is 396. The van der Waals surface area contributed by atoms with Crippen LogP contribution in [0.25, 0.3) is 0 Å². The number of allylic oxidation sites excluding steroid dienone is 2. The van der Waals surface area contributed by atoms with Gasteiger partial charge in [0.05, 0.1) is 5.57 Å². The van der Waals surface area contributed by atoms with Gasteiger partial charge < -0.3 is 16.1 Å². The van der Waals surface area contributed by atoms with Crippen molar-refractivity contribution < 1.29 is 94.8 Å². The normalized spacial score (nSPS) is 7.27. The summed E-state index contributed by atoms with van der Waals surface area (Å²) < 4.78 is 0. The average molecular weight is 386 g/mol. The summed E-state index contributed by atoms with van der Waals surface area (Å²) in [7, 11) is 0. The molecule has 140 valence electrons. The number of hydrogen-bond acceptors (Lipinski definition) is 4. The summed E-state index contributed by atoms with van der Waals surface area (Å²) in [6.45, 7) is 26.4. The summed E-state index contributed by atoms with van der Waals surface area (Å²) in [5, 5.41) is 18.1. The molecular formula is C19H32KLiO5. The first-order chi connectivity index (χ1) is 10.6. The smallest absolute Gasteiger partial charge is 0.850 e. The van der Waals surface area contributed by atoms with Crippen LogP contribution in [-0.2, 0) is 14.4 Å².